The number of benzene rings is 2. The lowest BCUT2D eigenvalue weighted by atomic mass is 9.92. The summed E-state index contributed by atoms with van der Waals surface area (Å²) in [5.41, 5.74) is -0.102. The Kier molecular flexibility index (Phi) is 5.81. The lowest BCUT2D eigenvalue weighted by molar-refractivity contribution is -0.133. The number of urea groups is 1. The largest absolute Gasteiger partial charge is 0.325 e. The SMILES string of the molecule is CC1(c2ccc(Cl)c(Cl)c2)NC(=O)N(CC(=O)Nc2cc(Cl)ccc2-n2cncn2)C1=O. The molecular weight excluding hydrogens is 479 g/mol. The monoisotopic (exact) mass is 492 g/mol. The van der Waals surface area contributed by atoms with Gasteiger partial charge in [-0.25, -0.2) is 14.5 Å². The molecule has 0 bridgehead atoms. The highest BCUT2D eigenvalue weighted by atomic mass is 35.5. The van der Waals surface area contributed by atoms with Gasteiger partial charge in [0.05, 0.1) is 21.4 Å². The first kappa shape index (κ1) is 22.1. The Morgan fingerprint density at radius 2 is 1.91 bits per heavy atom. The molecule has 4 amide bonds. The van der Waals surface area contributed by atoms with E-state index in [0.717, 1.165) is 4.90 Å². The van der Waals surface area contributed by atoms with E-state index in [0.29, 0.717) is 27.0 Å². The van der Waals surface area contributed by atoms with Gasteiger partial charge in [0.1, 0.15) is 24.7 Å². The molecule has 12 heteroatoms. The van der Waals surface area contributed by atoms with Crippen LogP contribution in [0.15, 0.2) is 49.1 Å². The molecule has 9 nitrogen and oxygen atoms in total. The zero-order valence-electron chi connectivity index (χ0n) is 16.5. The van der Waals surface area contributed by atoms with E-state index in [2.05, 4.69) is 20.7 Å². The molecular formula is C20H15Cl3N6O3. The van der Waals surface area contributed by atoms with Crippen molar-refractivity contribution in [1.82, 2.24) is 25.0 Å². The number of amides is 4. The molecule has 2 N–H and O–H groups in total. The molecule has 0 saturated carbocycles. The smallest absolute Gasteiger partial charge is 0.323 e. The van der Waals surface area contributed by atoms with Gasteiger partial charge < -0.3 is 10.6 Å². The average molecular weight is 494 g/mol. The number of hydrogen-bond acceptors (Lipinski definition) is 5. The molecule has 32 heavy (non-hydrogen) atoms. The van der Waals surface area contributed by atoms with Crippen LogP contribution in [0.25, 0.3) is 5.69 Å². The third kappa shape index (κ3) is 4.02. The Balaban J connectivity index is 1.54. The zero-order valence-corrected chi connectivity index (χ0v) is 18.7. The van der Waals surface area contributed by atoms with Crippen molar-refractivity contribution in [1.29, 1.82) is 0 Å². The highest BCUT2D eigenvalue weighted by molar-refractivity contribution is 6.42. The van der Waals surface area contributed by atoms with E-state index in [1.54, 1.807) is 18.2 Å². The lowest BCUT2D eigenvalue weighted by Crippen LogP contribution is -2.42. The van der Waals surface area contributed by atoms with E-state index in [4.69, 9.17) is 34.8 Å². The predicted octanol–water partition coefficient (Wildman–Crippen LogP) is 3.63. The number of anilines is 1. The van der Waals surface area contributed by atoms with E-state index >= 15 is 0 Å². The molecule has 4 rings (SSSR count). The summed E-state index contributed by atoms with van der Waals surface area (Å²) in [4.78, 5) is 43.0. The van der Waals surface area contributed by atoms with E-state index in [1.165, 1.54) is 42.5 Å². The van der Waals surface area contributed by atoms with Crippen LogP contribution < -0.4 is 10.6 Å². The van der Waals surface area contributed by atoms with E-state index in [1.807, 2.05) is 0 Å². The number of aromatic nitrogens is 3. The summed E-state index contributed by atoms with van der Waals surface area (Å²) in [7, 11) is 0. The summed E-state index contributed by atoms with van der Waals surface area (Å²) in [6, 6.07) is 8.73. The molecule has 0 aliphatic carbocycles. The second kappa shape index (κ2) is 8.42. The molecule has 1 atom stereocenters. The van der Waals surface area contributed by atoms with Crippen molar-refractivity contribution in [3.8, 4) is 5.69 Å². The van der Waals surface area contributed by atoms with Crippen molar-refractivity contribution in [2.24, 2.45) is 0 Å². The van der Waals surface area contributed by atoms with Gasteiger partial charge in [0, 0.05) is 5.02 Å². The average Bonchev–Trinajstić information content (AvgIpc) is 3.34. The standard InChI is InChI=1S/C20H15Cl3N6O3/c1-20(11-2-4-13(22)14(23)6-11)18(31)28(19(32)27-20)8-17(30)26-15-7-12(21)3-5-16(15)29-10-24-9-25-29/h2-7,9-10H,8H2,1H3,(H,26,30)(H,27,32). The predicted molar refractivity (Wildman–Crippen MR) is 119 cm³/mol. The second-order valence-electron chi connectivity index (χ2n) is 7.13. The van der Waals surface area contributed by atoms with Gasteiger partial charge in [-0.05, 0) is 42.8 Å². The number of imide groups is 1. The van der Waals surface area contributed by atoms with Gasteiger partial charge in [0.25, 0.3) is 5.91 Å². The van der Waals surface area contributed by atoms with Gasteiger partial charge in [-0.2, -0.15) is 5.10 Å². The first-order valence-corrected chi connectivity index (χ1v) is 10.4. The zero-order chi connectivity index (χ0) is 23.0. The fourth-order valence-corrected chi connectivity index (χ4v) is 3.79. The Labute approximate surface area is 197 Å². The molecule has 1 aliphatic rings. The topological polar surface area (TPSA) is 109 Å². The summed E-state index contributed by atoms with van der Waals surface area (Å²) in [6.07, 6.45) is 2.80. The molecule has 0 spiro atoms. The van der Waals surface area contributed by atoms with Crippen LogP contribution in [-0.2, 0) is 15.1 Å². The number of carbonyl (C=O) groups excluding carboxylic acids is 3. The number of nitrogens with one attached hydrogen (secondary N) is 2. The fourth-order valence-electron chi connectivity index (χ4n) is 3.32. The third-order valence-electron chi connectivity index (χ3n) is 4.97. The van der Waals surface area contributed by atoms with Crippen LogP contribution in [0.3, 0.4) is 0 Å². The maximum Gasteiger partial charge on any atom is 0.325 e. The number of rotatable bonds is 5. The van der Waals surface area contributed by atoms with Crippen LogP contribution in [0.1, 0.15) is 12.5 Å². The minimum Gasteiger partial charge on any atom is -0.323 e. The van der Waals surface area contributed by atoms with Crippen molar-refractivity contribution in [2.75, 3.05) is 11.9 Å². The molecule has 164 valence electrons. The fraction of sp³-hybridized carbons (Fsp3) is 0.150. The van der Waals surface area contributed by atoms with E-state index in [9.17, 15) is 14.4 Å². The van der Waals surface area contributed by atoms with Crippen LogP contribution in [0.4, 0.5) is 10.5 Å². The number of nitrogens with zero attached hydrogens (tertiary/aromatic N) is 4. The third-order valence-corrected chi connectivity index (χ3v) is 5.95. The van der Waals surface area contributed by atoms with Crippen LogP contribution in [-0.4, -0.2) is 44.1 Å². The first-order valence-electron chi connectivity index (χ1n) is 9.23. The Hall–Kier alpha value is -3.14. The Morgan fingerprint density at radius 3 is 2.59 bits per heavy atom. The molecule has 2 aromatic carbocycles. The molecule has 3 aromatic rings. The Bertz CT molecular complexity index is 1230. The lowest BCUT2D eigenvalue weighted by Gasteiger charge is -2.22. The van der Waals surface area contributed by atoms with Crippen molar-refractivity contribution in [3.05, 3.63) is 69.7 Å². The van der Waals surface area contributed by atoms with Gasteiger partial charge >= 0.3 is 6.03 Å². The molecule has 1 saturated heterocycles. The van der Waals surface area contributed by atoms with Crippen LogP contribution >= 0.6 is 34.8 Å². The summed E-state index contributed by atoms with van der Waals surface area (Å²) in [5.74, 6) is -1.20. The maximum atomic E-state index is 13.1. The van der Waals surface area contributed by atoms with Gasteiger partial charge in [-0.3, -0.25) is 14.5 Å². The van der Waals surface area contributed by atoms with E-state index in [-0.39, 0.29) is 5.02 Å². The summed E-state index contributed by atoms with van der Waals surface area (Å²) < 4.78 is 1.45. The molecule has 1 aliphatic heterocycles. The second-order valence-corrected chi connectivity index (χ2v) is 8.38. The molecule has 1 unspecified atom stereocenters. The molecule has 2 heterocycles. The number of hydrogen-bond donors (Lipinski definition) is 2. The number of carbonyl (C=O) groups is 3. The first-order chi connectivity index (χ1) is 15.2. The van der Waals surface area contributed by atoms with Gasteiger partial charge in [-0.15, -0.1) is 0 Å². The highest BCUT2D eigenvalue weighted by Crippen LogP contribution is 2.33. The minimum atomic E-state index is -1.40. The summed E-state index contributed by atoms with van der Waals surface area (Å²) in [6.45, 7) is 1.02. The van der Waals surface area contributed by atoms with Crippen LogP contribution in [0.2, 0.25) is 15.1 Å². The van der Waals surface area contributed by atoms with Gasteiger partial charge in [0.2, 0.25) is 5.91 Å². The maximum absolute atomic E-state index is 13.1. The molecule has 1 fully saturated rings. The van der Waals surface area contributed by atoms with Crippen molar-refractivity contribution < 1.29 is 14.4 Å². The summed E-state index contributed by atoms with van der Waals surface area (Å²) >= 11 is 18.1. The quantitative estimate of drug-likeness (QED) is 0.528. The van der Waals surface area contributed by atoms with Gasteiger partial charge in [-0.1, -0.05) is 40.9 Å². The van der Waals surface area contributed by atoms with Gasteiger partial charge in [0.15, 0.2) is 0 Å². The summed E-state index contributed by atoms with van der Waals surface area (Å²) in [5, 5.41) is 10.3. The van der Waals surface area contributed by atoms with E-state index < -0.39 is 29.9 Å². The number of halogens is 3. The minimum absolute atomic E-state index is 0.241. The molecule has 0 radical (unpaired) electrons. The highest BCUT2D eigenvalue weighted by Gasteiger charge is 2.49. The van der Waals surface area contributed by atoms with Crippen molar-refractivity contribution in [2.45, 2.75) is 12.5 Å². The molecule has 1 aromatic heterocycles. The van der Waals surface area contributed by atoms with Crippen LogP contribution in [0, 0.1) is 0 Å². The van der Waals surface area contributed by atoms with Crippen molar-refractivity contribution in [3.63, 3.8) is 0 Å². The normalized spacial score (nSPS) is 18.1. The van der Waals surface area contributed by atoms with Crippen molar-refractivity contribution >= 4 is 58.3 Å². The van der Waals surface area contributed by atoms with Crippen LogP contribution in [0.5, 0.6) is 0 Å². The Morgan fingerprint density at radius 1 is 1.12 bits per heavy atom.